The highest BCUT2D eigenvalue weighted by Gasteiger charge is 2.08. The topological polar surface area (TPSA) is 28.2 Å². The van der Waals surface area contributed by atoms with Crippen LogP contribution in [0.2, 0.25) is 0 Å². The molecule has 1 aromatic rings. The minimum absolute atomic E-state index is 0.343. The summed E-state index contributed by atoms with van der Waals surface area (Å²) in [5.41, 5.74) is 3.38. The van der Waals surface area contributed by atoms with Crippen LogP contribution in [-0.4, -0.2) is 25.6 Å². The first-order chi connectivity index (χ1) is 8.08. The van der Waals surface area contributed by atoms with Gasteiger partial charge in [0, 0.05) is 19.6 Å². The average molecular weight is 233 g/mol. The Morgan fingerprint density at radius 3 is 2.65 bits per heavy atom. The second kappa shape index (κ2) is 6.40. The van der Waals surface area contributed by atoms with Crippen LogP contribution in [0, 0.1) is 0 Å². The Morgan fingerprint density at radius 1 is 1.53 bits per heavy atom. The lowest BCUT2D eigenvalue weighted by atomic mass is 10.1. The SMILES string of the molecule is C=C(C)CN(C)c1ccc(C(CC)NC)nc1. The highest BCUT2D eigenvalue weighted by molar-refractivity contribution is 5.45. The van der Waals surface area contributed by atoms with E-state index >= 15 is 0 Å². The Kier molecular flexibility index (Phi) is 5.16. The molecule has 1 N–H and O–H groups in total. The number of rotatable bonds is 6. The first-order valence-electron chi connectivity index (χ1n) is 6.07. The van der Waals surface area contributed by atoms with Gasteiger partial charge in [0.2, 0.25) is 0 Å². The summed E-state index contributed by atoms with van der Waals surface area (Å²) >= 11 is 0. The van der Waals surface area contributed by atoms with Crippen LogP contribution in [-0.2, 0) is 0 Å². The number of likely N-dealkylation sites (N-methyl/N-ethyl adjacent to an activating group) is 1. The first-order valence-corrected chi connectivity index (χ1v) is 6.07. The third-order valence-corrected chi connectivity index (χ3v) is 2.83. The van der Waals surface area contributed by atoms with Gasteiger partial charge in [-0.15, -0.1) is 0 Å². The molecular weight excluding hydrogens is 210 g/mol. The van der Waals surface area contributed by atoms with E-state index in [0.29, 0.717) is 6.04 Å². The predicted octanol–water partition coefficient (Wildman–Crippen LogP) is 2.76. The van der Waals surface area contributed by atoms with Gasteiger partial charge >= 0.3 is 0 Å². The second-order valence-corrected chi connectivity index (χ2v) is 4.50. The normalized spacial score (nSPS) is 12.2. The number of hydrogen-bond donors (Lipinski definition) is 1. The number of aromatic nitrogens is 1. The molecule has 0 bridgehead atoms. The summed E-state index contributed by atoms with van der Waals surface area (Å²) < 4.78 is 0. The van der Waals surface area contributed by atoms with Gasteiger partial charge in [-0.2, -0.15) is 0 Å². The summed E-state index contributed by atoms with van der Waals surface area (Å²) in [6, 6.07) is 4.55. The molecule has 0 fully saturated rings. The Labute approximate surface area is 105 Å². The Bertz CT molecular complexity index is 352. The molecule has 0 aliphatic rings. The van der Waals surface area contributed by atoms with Gasteiger partial charge in [0.1, 0.15) is 0 Å². The zero-order chi connectivity index (χ0) is 12.8. The number of anilines is 1. The van der Waals surface area contributed by atoms with Gasteiger partial charge in [-0.3, -0.25) is 4.98 Å². The summed E-state index contributed by atoms with van der Waals surface area (Å²) in [5.74, 6) is 0. The van der Waals surface area contributed by atoms with Crippen LogP contribution in [0.4, 0.5) is 5.69 Å². The van der Waals surface area contributed by atoms with Gasteiger partial charge in [-0.25, -0.2) is 0 Å². The molecule has 1 rings (SSSR count). The maximum atomic E-state index is 4.52. The monoisotopic (exact) mass is 233 g/mol. The van der Waals surface area contributed by atoms with Crippen LogP contribution in [0.15, 0.2) is 30.5 Å². The maximum absolute atomic E-state index is 4.52. The van der Waals surface area contributed by atoms with Crippen molar-refractivity contribution in [1.29, 1.82) is 0 Å². The highest BCUT2D eigenvalue weighted by Crippen LogP contribution is 2.17. The molecule has 1 heterocycles. The molecule has 0 radical (unpaired) electrons. The van der Waals surface area contributed by atoms with Crippen LogP contribution in [0.3, 0.4) is 0 Å². The van der Waals surface area contributed by atoms with Gasteiger partial charge in [0.05, 0.1) is 17.6 Å². The van der Waals surface area contributed by atoms with Crippen LogP contribution >= 0.6 is 0 Å². The molecule has 0 saturated heterocycles. The van der Waals surface area contributed by atoms with E-state index in [-0.39, 0.29) is 0 Å². The number of pyridine rings is 1. The van der Waals surface area contributed by atoms with Crippen LogP contribution in [0.1, 0.15) is 32.0 Å². The third kappa shape index (κ3) is 3.86. The fourth-order valence-electron chi connectivity index (χ4n) is 1.89. The second-order valence-electron chi connectivity index (χ2n) is 4.50. The van der Waals surface area contributed by atoms with E-state index in [1.54, 1.807) is 0 Å². The van der Waals surface area contributed by atoms with E-state index in [0.717, 1.165) is 29.9 Å². The fourth-order valence-corrected chi connectivity index (χ4v) is 1.89. The zero-order valence-electron chi connectivity index (χ0n) is 11.3. The molecule has 94 valence electrons. The fraction of sp³-hybridized carbons (Fsp3) is 0.500. The molecule has 0 spiro atoms. The van der Waals surface area contributed by atoms with Gasteiger partial charge in [-0.1, -0.05) is 19.1 Å². The molecule has 3 nitrogen and oxygen atoms in total. The van der Waals surface area contributed by atoms with E-state index in [1.807, 2.05) is 20.2 Å². The Balaban J connectivity index is 2.76. The largest absolute Gasteiger partial charge is 0.369 e. The van der Waals surface area contributed by atoms with Crippen molar-refractivity contribution >= 4 is 5.69 Å². The zero-order valence-corrected chi connectivity index (χ0v) is 11.3. The van der Waals surface area contributed by atoms with E-state index in [2.05, 4.69) is 47.9 Å². The Hall–Kier alpha value is -1.35. The summed E-state index contributed by atoms with van der Waals surface area (Å²) in [7, 11) is 4.03. The summed E-state index contributed by atoms with van der Waals surface area (Å²) in [5, 5.41) is 3.26. The van der Waals surface area contributed by atoms with Crippen molar-refractivity contribution in [1.82, 2.24) is 10.3 Å². The van der Waals surface area contributed by atoms with Crippen molar-refractivity contribution in [2.24, 2.45) is 0 Å². The maximum Gasteiger partial charge on any atom is 0.0574 e. The van der Waals surface area contributed by atoms with E-state index in [9.17, 15) is 0 Å². The standard InChI is InChI=1S/C14H23N3/c1-6-13(15-4)14-8-7-12(9-16-14)17(5)10-11(2)3/h7-9,13,15H,2,6,10H2,1,3-5H3. The molecule has 0 aliphatic heterocycles. The molecule has 0 aromatic carbocycles. The number of hydrogen-bond acceptors (Lipinski definition) is 3. The average Bonchev–Trinajstić information content (AvgIpc) is 2.30. The molecule has 0 saturated carbocycles. The molecular formula is C14H23N3. The quantitative estimate of drug-likeness (QED) is 0.766. The summed E-state index contributed by atoms with van der Waals surface area (Å²) in [6.07, 6.45) is 2.97. The molecule has 1 unspecified atom stereocenters. The van der Waals surface area contributed by atoms with Crippen molar-refractivity contribution in [3.63, 3.8) is 0 Å². The lowest BCUT2D eigenvalue weighted by Crippen LogP contribution is -2.20. The lowest BCUT2D eigenvalue weighted by molar-refractivity contribution is 0.561. The van der Waals surface area contributed by atoms with Crippen LogP contribution < -0.4 is 10.2 Å². The minimum atomic E-state index is 0.343. The van der Waals surface area contributed by atoms with Crippen LogP contribution in [0.5, 0.6) is 0 Å². The molecule has 3 heteroatoms. The lowest BCUT2D eigenvalue weighted by Gasteiger charge is -2.20. The van der Waals surface area contributed by atoms with E-state index in [1.165, 1.54) is 0 Å². The third-order valence-electron chi connectivity index (χ3n) is 2.83. The molecule has 0 aliphatic carbocycles. The van der Waals surface area contributed by atoms with Crippen molar-refractivity contribution in [2.45, 2.75) is 26.3 Å². The van der Waals surface area contributed by atoms with E-state index < -0.39 is 0 Å². The molecule has 1 aromatic heterocycles. The first kappa shape index (κ1) is 13.7. The minimum Gasteiger partial charge on any atom is -0.369 e. The summed E-state index contributed by atoms with van der Waals surface area (Å²) in [6.45, 7) is 8.98. The molecule has 0 amide bonds. The van der Waals surface area contributed by atoms with Crippen molar-refractivity contribution in [2.75, 3.05) is 25.5 Å². The predicted molar refractivity (Wildman–Crippen MR) is 74.4 cm³/mol. The summed E-state index contributed by atoms with van der Waals surface area (Å²) in [4.78, 5) is 6.67. The van der Waals surface area contributed by atoms with Crippen molar-refractivity contribution < 1.29 is 0 Å². The van der Waals surface area contributed by atoms with Crippen molar-refractivity contribution in [3.05, 3.63) is 36.2 Å². The van der Waals surface area contributed by atoms with Gasteiger partial charge in [-0.05, 0) is 32.5 Å². The number of nitrogens with one attached hydrogen (secondary N) is 1. The van der Waals surface area contributed by atoms with E-state index in [4.69, 9.17) is 0 Å². The van der Waals surface area contributed by atoms with Gasteiger partial charge < -0.3 is 10.2 Å². The van der Waals surface area contributed by atoms with Crippen molar-refractivity contribution in [3.8, 4) is 0 Å². The molecule has 17 heavy (non-hydrogen) atoms. The highest BCUT2D eigenvalue weighted by atomic mass is 15.1. The van der Waals surface area contributed by atoms with Gasteiger partial charge in [0.15, 0.2) is 0 Å². The Morgan fingerprint density at radius 2 is 2.24 bits per heavy atom. The number of nitrogens with zero attached hydrogens (tertiary/aromatic N) is 2. The smallest absolute Gasteiger partial charge is 0.0574 e. The van der Waals surface area contributed by atoms with Gasteiger partial charge in [0.25, 0.3) is 0 Å². The van der Waals surface area contributed by atoms with Crippen LogP contribution in [0.25, 0.3) is 0 Å². The molecule has 1 atom stereocenters.